The maximum absolute atomic E-state index is 4.40. The molecule has 3 aromatic rings. The van der Waals surface area contributed by atoms with E-state index in [-0.39, 0.29) is 0 Å². The summed E-state index contributed by atoms with van der Waals surface area (Å²) in [6.07, 6.45) is 5.43. The molecule has 92 valence electrons. The van der Waals surface area contributed by atoms with E-state index in [0.29, 0.717) is 0 Å². The molecular weight excluding hydrogens is 300 g/mol. The van der Waals surface area contributed by atoms with Crippen molar-refractivity contribution in [1.29, 1.82) is 0 Å². The van der Waals surface area contributed by atoms with Gasteiger partial charge in [0, 0.05) is 28.6 Å². The van der Waals surface area contributed by atoms with Gasteiger partial charge in [0.1, 0.15) is 0 Å². The first-order chi connectivity index (χ1) is 9.33. The molecule has 3 rings (SSSR count). The maximum Gasteiger partial charge on any atom is 0.0723 e. The van der Waals surface area contributed by atoms with Crippen LogP contribution < -0.4 is 0 Å². The van der Waals surface area contributed by atoms with Crippen molar-refractivity contribution in [1.82, 2.24) is 9.97 Å². The number of rotatable bonds is 2. The summed E-state index contributed by atoms with van der Waals surface area (Å²) in [5.41, 5.74) is 4.30. The molecule has 0 aliphatic heterocycles. The Bertz CT molecular complexity index is 679. The maximum atomic E-state index is 4.40. The highest BCUT2D eigenvalue weighted by Gasteiger charge is 2.02. The van der Waals surface area contributed by atoms with Gasteiger partial charge >= 0.3 is 0 Å². The van der Waals surface area contributed by atoms with E-state index in [1.165, 1.54) is 5.56 Å². The highest BCUT2D eigenvalue weighted by atomic mass is 79.9. The predicted molar refractivity (Wildman–Crippen MR) is 80.6 cm³/mol. The van der Waals surface area contributed by atoms with Crippen molar-refractivity contribution in [2.24, 2.45) is 0 Å². The molecule has 0 N–H and O–H groups in total. The second kappa shape index (κ2) is 5.33. The van der Waals surface area contributed by atoms with Gasteiger partial charge in [0.05, 0.1) is 5.69 Å². The lowest BCUT2D eigenvalue weighted by Gasteiger charge is -2.05. The van der Waals surface area contributed by atoms with Crippen LogP contribution in [0.5, 0.6) is 0 Å². The molecule has 2 aromatic heterocycles. The molecule has 3 heteroatoms. The zero-order valence-electron chi connectivity index (χ0n) is 10.1. The Morgan fingerprint density at radius 1 is 0.789 bits per heavy atom. The molecular formula is C16H11BrN2. The van der Waals surface area contributed by atoms with Crippen molar-refractivity contribution in [2.75, 3.05) is 0 Å². The molecule has 0 unspecified atom stereocenters. The number of hydrogen-bond acceptors (Lipinski definition) is 2. The number of nitrogens with zero attached hydrogens (tertiary/aromatic N) is 2. The van der Waals surface area contributed by atoms with Crippen LogP contribution in [0.1, 0.15) is 0 Å². The molecule has 1 aromatic carbocycles. The van der Waals surface area contributed by atoms with Crippen LogP contribution >= 0.6 is 15.9 Å². The summed E-state index contributed by atoms with van der Waals surface area (Å²) in [6.45, 7) is 0. The summed E-state index contributed by atoms with van der Waals surface area (Å²) in [5, 5.41) is 0. The third-order valence-corrected chi connectivity index (χ3v) is 3.42. The minimum atomic E-state index is 0.938. The topological polar surface area (TPSA) is 25.8 Å². The van der Waals surface area contributed by atoms with Crippen LogP contribution in [-0.4, -0.2) is 9.97 Å². The van der Waals surface area contributed by atoms with E-state index >= 15 is 0 Å². The van der Waals surface area contributed by atoms with Crippen LogP contribution in [0.4, 0.5) is 0 Å². The molecule has 0 aliphatic carbocycles. The lowest BCUT2D eigenvalue weighted by atomic mass is 10.0. The van der Waals surface area contributed by atoms with E-state index in [4.69, 9.17) is 0 Å². The van der Waals surface area contributed by atoms with E-state index in [9.17, 15) is 0 Å². The van der Waals surface area contributed by atoms with Crippen LogP contribution in [0, 0.1) is 0 Å². The lowest BCUT2D eigenvalue weighted by molar-refractivity contribution is 1.28. The molecule has 0 spiro atoms. The van der Waals surface area contributed by atoms with Crippen LogP contribution in [0.25, 0.3) is 22.4 Å². The highest BCUT2D eigenvalue weighted by Crippen LogP contribution is 2.25. The molecule has 0 radical (unpaired) electrons. The van der Waals surface area contributed by atoms with E-state index in [1.54, 1.807) is 6.20 Å². The standard InChI is InChI=1S/C16H11BrN2/c17-15-5-3-12(4-6-15)13-7-9-19-16(10-13)14-2-1-8-18-11-14/h1-11H. The summed E-state index contributed by atoms with van der Waals surface area (Å²) in [5.74, 6) is 0. The number of benzene rings is 1. The van der Waals surface area contributed by atoms with Gasteiger partial charge in [-0.2, -0.15) is 0 Å². The number of aromatic nitrogens is 2. The Morgan fingerprint density at radius 3 is 2.37 bits per heavy atom. The fraction of sp³-hybridized carbons (Fsp3) is 0. The lowest BCUT2D eigenvalue weighted by Crippen LogP contribution is -1.86. The smallest absolute Gasteiger partial charge is 0.0723 e. The van der Waals surface area contributed by atoms with Gasteiger partial charge in [-0.05, 0) is 47.5 Å². The quantitative estimate of drug-likeness (QED) is 0.692. The molecule has 2 nitrogen and oxygen atoms in total. The van der Waals surface area contributed by atoms with E-state index in [1.807, 2.05) is 42.7 Å². The molecule has 0 saturated heterocycles. The summed E-state index contributed by atoms with van der Waals surface area (Å²) in [7, 11) is 0. The average Bonchev–Trinajstić information content (AvgIpc) is 2.49. The second-order valence-corrected chi connectivity index (χ2v) is 5.09. The molecule has 19 heavy (non-hydrogen) atoms. The molecule has 0 bridgehead atoms. The molecule has 0 aliphatic rings. The zero-order valence-corrected chi connectivity index (χ0v) is 11.7. The fourth-order valence-corrected chi connectivity index (χ4v) is 2.19. The Kier molecular flexibility index (Phi) is 3.38. The fourth-order valence-electron chi connectivity index (χ4n) is 1.92. The van der Waals surface area contributed by atoms with Gasteiger partial charge in [-0.3, -0.25) is 9.97 Å². The molecule has 2 heterocycles. The first-order valence-electron chi connectivity index (χ1n) is 5.95. The summed E-state index contributed by atoms with van der Waals surface area (Å²) in [4.78, 5) is 8.53. The minimum absolute atomic E-state index is 0.938. The number of halogens is 1. The Hall–Kier alpha value is -2.00. The average molecular weight is 311 g/mol. The minimum Gasteiger partial charge on any atom is -0.264 e. The van der Waals surface area contributed by atoms with E-state index in [0.717, 1.165) is 21.3 Å². The zero-order chi connectivity index (χ0) is 13.1. The summed E-state index contributed by atoms with van der Waals surface area (Å²) >= 11 is 3.45. The van der Waals surface area contributed by atoms with Crippen molar-refractivity contribution >= 4 is 15.9 Å². The normalized spacial score (nSPS) is 10.4. The van der Waals surface area contributed by atoms with Crippen LogP contribution in [-0.2, 0) is 0 Å². The van der Waals surface area contributed by atoms with E-state index < -0.39 is 0 Å². The van der Waals surface area contributed by atoms with Crippen LogP contribution in [0.15, 0.2) is 71.6 Å². The predicted octanol–water partition coefficient (Wildman–Crippen LogP) is 4.57. The first kappa shape index (κ1) is 12.1. The monoisotopic (exact) mass is 310 g/mol. The van der Waals surface area contributed by atoms with Crippen molar-refractivity contribution in [3.05, 3.63) is 71.6 Å². The van der Waals surface area contributed by atoms with Gasteiger partial charge in [-0.15, -0.1) is 0 Å². The Morgan fingerprint density at radius 2 is 1.63 bits per heavy atom. The third kappa shape index (κ3) is 2.71. The summed E-state index contributed by atoms with van der Waals surface area (Å²) < 4.78 is 1.08. The van der Waals surface area contributed by atoms with Gasteiger partial charge in [0.15, 0.2) is 0 Å². The second-order valence-electron chi connectivity index (χ2n) is 4.18. The Labute approximate surface area is 120 Å². The van der Waals surface area contributed by atoms with E-state index in [2.05, 4.69) is 44.1 Å². The largest absolute Gasteiger partial charge is 0.264 e. The van der Waals surface area contributed by atoms with Gasteiger partial charge in [-0.1, -0.05) is 28.1 Å². The van der Waals surface area contributed by atoms with Crippen LogP contribution in [0.2, 0.25) is 0 Å². The van der Waals surface area contributed by atoms with Gasteiger partial charge in [0.2, 0.25) is 0 Å². The molecule has 0 fully saturated rings. The SMILES string of the molecule is Brc1ccc(-c2ccnc(-c3cccnc3)c2)cc1. The highest BCUT2D eigenvalue weighted by molar-refractivity contribution is 9.10. The molecule has 0 saturated carbocycles. The van der Waals surface area contributed by atoms with Gasteiger partial charge in [-0.25, -0.2) is 0 Å². The van der Waals surface area contributed by atoms with Gasteiger partial charge in [0.25, 0.3) is 0 Å². The van der Waals surface area contributed by atoms with Crippen molar-refractivity contribution in [3.8, 4) is 22.4 Å². The van der Waals surface area contributed by atoms with Crippen molar-refractivity contribution < 1.29 is 0 Å². The first-order valence-corrected chi connectivity index (χ1v) is 6.74. The van der Waals surface area contributed by atoms with Crippen molar-refractivity contribution in [2.45, 2.75) is 0 Å². The molecule has 0 atom stereocenters. The Balaban J connectivity index is 2.03. The number of pyridine rings is 2. The van der Waals surface area contributed by atoms with Gasteiger partial charge < -0.3 is 0 Å². The summed E-state index contributed by atoms with van der Waals surface area (Å²) in [6, 6.07) is 16.3. The third-order valence-electron chi connectivity index (χ3n) is 2.89. The van der Waals surface area contributed by atoms with Crippen molar-refractivity contribution in [3.63, 3.8) is 0 Å². The number of hydrogen-bond donors (Lipinski definition) is 0. The van der Waals surface area contributed by atoms with Crippen LogP contribution in [0.3, 0.4) is 0 Å². The molecule has 0 amide bonds.